The van der Waals surface area contributed by atoms with Crippen molar-refractivity contribution in [3.05, 3.63) is 65.7 Å². The molecule has 1 saturated carbocycles. The molecule has 1 heterocycles. The smallest absolute Gasteiger partial charge is 0.223 e. The second kappa shape index (κ2) is 7.50. The molecule has 4 heteroatoms. The number of piperidine rings is 1. The largest absolute Gasteiger partial charge is 0.489 e. The second-order valence-electron chi connectivity index (χ2n) is 7.51. The molecule has 1 amide bonds. The summed E-state index contributed by atoms with van der Waals surface area (Å²) in [5.74, 6) is 1.33. The van der Waals surface area contributed by atoms with E-state index in [-0.39, 0.29) is 11.8 Å². The Hall–Kier alpha value is -2.33. The third-order valence-corrected chi connectivity index (χ3v) is 5.74. The third-order valence-electron chi connectivity index (χ3n) is 5.74. The molecule has 1 atom stereocenters. The van der Waals surface area contributed by atoms with Crippen LogP contribution in [-0.4, -0.2) is 19.0 Å². The van der Waals surface area contributed by atoms with Crippen LogP contribution in [0.3, 0.4) is 0 Å². The van der Waals surface area contributed by atoms with Crippen molar-refractivity contribution >= 4 is 5.91 Å². The fourth-order valence-electron chi connectivity index (χ4n) is 3.94. The summed E-state index contributed by atoms with van der Waals surface area (Å²) in [5, 5.41) is 6.50. The van der Waals surface area contributed by atoms with Crippen LogP contribution in [-0.2, 0) is 17.9 Å². The van der Waals surface area contributed by atoms with Crippen LogP contribution in [0.25, 0.3) is 0 Å². The molecule has 2 aromatic carbocycles. The molecular weight excluding hydrogens is 324 g/mol. The molecule has 1 spiro atoms. The maximum absolute atomic E-state index is 12.4. The van der Waals surface area contributed by atoms with Crippen LogP contribution in [0.5, 0.6) is 5.75 Å². The highest BCUT2D eigenvalue weighted by molar-refractivity contribution is 5.82. The lowest BCUT2D eigenvalue weighted by Crippen LogP contribution is -2.33. The first kappa shape index (κ1) is 17.1. The minimum atomic E-state index is 0.225. The summed E-state index contributed by atoms with van der Waals surface area (Å²) in [6.07, 6.45) is 3.35. The van der Waals surface area contributed by atoms with E-state index >= 15 is 0 Å². The maximum Gasteiger partial charge on any atom is 0.223 e. The van der Waals surface area contributed by atoms with Gasteiger partial charge in [-0.25, -0.2) is 0 Å². The lowest BCUT2D eigenvalue weighted by molar-refractivity contribution is -0.123. The number of carbonyl (C=O) groups is 1. The van der Waals surface area contributed by atoms with E-state index in [2.05, 4.69) is 34.9 Å². The van der Waals surface area contributed by atoms with Crippen molar-refractivity contribution in [3.8, 4) is 5.75 Å². The molecule has 0 radical (unpaired) electrons. The molecule has 136 valence electrons. The van der Waals surface area contributed by atoms with Gasteiger partial charge in [0.25, 0.3) is 0 Å². The minimum absolute atomic E-state index is 0.225. The van der Waals surface area contributed by atoms with Crippen molar-refractivity contribution in [3.63, 3.8) is 0 Å². The molecule has 2 aliphatic rings. The van der Waals surface area contributed by atoms with Crippen LogP contribution in [0.2, 0.25) is 0 Å². The van der Waals surface area contributed by atoms with Crippen LogP contribution >= 0.6 is 0 Å². The summed E-state index contributed by atoms with van der Waals surface area (Å²) in [4.78, 5) is 12.4. The first-order valence-corrected chi connectivity index (χ1v) is 9.49. The molecule has 1 aliphatic heterocycles. The Kier molecular flexibility index (Phi) is 4.93. The number of carbonyl (C=O) groups excluding carboxylic acids is 1. The van der Waals surface area contributed by atoms with E-state index in [9.17, 15) is 4.79 Å². The Morgan fingerprint density at radius 2 is 1.73 bits per heavy atom. The lowest BCUT2D eigenvalue weighted by atomic mass is 9.92. The summed E-state index contributed by atoms with van der Waals surface area (Å²) in [7, 11) is 0. The van der Waals surface area contributed by atoms with E-state index in [1.54, 1.807) is 0 Å². The van der Waals surface area contributed by atoms with Crippen LogP contribution < -0.4 is 15.4 Å². The van der Waals surface area contributed by atoms with Gasteiger partial charge >= 0.3 is 0 Å². The molecule has 26 heavy (non-hydrogen) atoms. The van der Waals surface area contributed by atoms with E-state index in [1.165, 1.54) is 0 Å². The summed E-state index contributed by atoms with van der Waals surface area (Å²) >= 11 is 0. The van der Waals surface area contributed by atoms with Gasteiger partial charge in [0.1, 0.15) is 12.4 Å². The van der Waals surface area contributed by atoms with E-state index in [0.717, 1.165) is 49.2 Å². The number of ether oxygens (including phenoxy) is 1. The zero-order chi connectivity index (χ0) is 17.8. The Balaban J connectivity index is 1.23. The number of hydrogen-bond donors (Lipinski definition) is 2. The van der Waals surface area contributed by atoms with Crippen LogP contribution in [0.4, 0.5) is 0 Å². The number of hydrogen-bond acceptors (Lipinski definition) is 3. The quantitative estimate of drug-likeness (QED) is 0.841. The topological polar surface area (TPSA) is 50.4 Å². The number of rotatable bonds is 6. The van der Waals surface area contributed by atoms with Crippen molar-refractivity contribution < 1.29 is 9.53 Å². The highest BCUT2D eigenvalue weighted by Crippen LogP contribution is 2.58. The molecule has 1 unspecified atom stereocenters. The fraction of sp³-hybridized carbons (Fsp3) is 0.409. The van der Waals surface area contributed by atoms with Gasteiger partial charge < -0.3 is 15.4 Å². The monoisotopic (exact) mass is 350 g/mol. The fourth-order valence-corrected chi connectivity index (χ4v) is 3.94. The summed E-state index contributed by atoms with van der Waals surface area (Å²) in [6, 6.07) is 18.1. The maximum atomic E-state index is 12.4. The molecule has 1 saturated heterocycles. The molecule has 0 aromatic heterocycles. The molecule has 2 N–H and O–H groups in total. The van der Waals surface area contributed by atoms with Gasteiger partial charge in [0.15, 0.2) is 0 Å². The van der Waals surface area contributed by atoms with E-state index in [0.29, 0.717) is 18.6 Å². The normalized spacial score (nSPS) is 20.5. The number of benzene rings is 2. The Bertz CT molecular complexity index is 736. The van der Waals surface area contributed by atoms with Crippen molar-refractivity contribution in [1.82, 2.24) is 10.6 Å². The molecule has 1 aliphatic carbocycles. The number of nitrogens with one attached hydrogen (secondary N) is 2. The van der Waals surface area contributed by atoms with Gasteiger partial charge in [-0.05, 0) is 61.0 Å². The average molecular weight is 350 g/mol. The Morgan fingerprint density at radius 1 is 1.04 bits per heavy atom. The van der Waals surface area contributed by atoms with Gasteiger partial charge in [0, 0.05) is 12.5 Å². The number of amides is 1. The molecule has 4 nitrogen and oxygen atoms in total. The van der Waals surface area contributed by atoms with E-state index < -0.39 is 0 Å². The average Bonchev–Trinajstić information content (AvgIpc) is 3.39. The van der Waals surface area contributed by atoms with E-state index in [1.807, 2.05) is 30.3 Å². The zero-order valence-corrected chi connectivity index (χ0v) is 15.0. The van der Waals surface area contributed by atoms with Gasteiger partial charge in [-0.3, -0.25) is 4.79 Å². The summed E-state index contributed by atoms with van der Waals surface area (Å²) in [5.41, 5.74) is 2.55. The molecule has 0 bridgehead atoms. The highest BCUT2D eigenvalue weighted by Gasteiger charge is 2.57. The first-order chi connectivity index (χ1) is 12.8. The van der Waals surface area contributed by atoms with Gasteiger partial charge in [-0.2, -0.15) is 0 Å². The number of para-hydroxylation sites is 1. The lowest BCUT2D eigenvalue weighted by Gasteiger charge is -2.23. The summed E-state index contributed by atoms with van der Waals surface area (Å²) in [6.45, 7) is 3.26. The highest BCUT2D eigenvalue weighted by atomic mass is 16.5. The van der Waals surface area contributed by atoms with Crippen LogP contribution in [0.15, 0.2) is 54.6 Å². The van der Waals surface area contributed by atoms with Gasteiger partial charge in [0.05, 0.1) is 0 Å². The predicted molar refractivity (Wildman–Crippen MR) is 102 cm³/mol. The second-order valence-corrected chi connectivity index (χ2v) is 7.51. The van der Waals surface area contributed by atoms with Gasteiger partial charge in [-0.1, -0.05) is 42.5 Å². The van der Waals surface area contributed by atoms with Crippen molar-refractivity contribution in [1.29, 1.82) is 0 Å². The molecule has 2 fully saturated rings. The van der Waals surface area contributed by atoms with Gasteiger partial charge in [-0.15, -0.1) is 0 Å². The Morgan fingerprint density at radius 3 is 2.46 bits per heavy atom. The molecular formula is C22H26N2O2. The Labute approximate surface area is 155 Å². The summed E-state index contributed by atoms with van der Waals surface area (Å²) < 4.78 is 5.76. The molecule has 2 aromatic rings. The first-order valence-electron chi connectivity index (χ1n) is 9.49. The standard InChI is InChI=1S/C22H26N2O2/c25-21(20-14-22(20)10-12-23-13-11-22)24-15-17-6-8-18(9-7-17)16-26-19-4-2-1-3-5-19/h1-9,20,23H,10-16H2,(H,24,25). The predicted octanol–water partition coefficient (Wildman–Crippen LogP) is 3.27. The van der Waals surface area contributed by atoms with Crippen molar-refractivity contribution in [2.24, 2.45) is 11.3 Å². The molecule has 4 rings (SSSR count). The SMILES string of the molecule is O=C(NCc1ccc(COc2ccccc2)cc1)C1CC12CCNCC2. The van der Waals surface area contributed by atoms with Gasteiger partial charge in [0.2, 0.25) is 5.91 Å². The zero-order valence-electron chi connectivity index (χ0n) is 15.0. The minimum Gasteiger partial charge on any atom is -0.489 e. The van der Waals surface area contributed by atoms with Crippen molar-refractivity contribution in [2.45, 2.75) is 32.4 Å². The van der Waals surface area contributed by atoms with E-state index in [4.69, 9.17) is 4.74 Å². The van der Waals surface area contributed by atoms with Crippen LogP contribution in [0, 0.1) is 11.3 Å². The third kappa shape index (κ3) is 3.91. The van der Waals surface area contributed by atoms with Crippen molar-refractivity contribution in [2.75, 3.05) is 13.1 Å². The van der Waals surface area contributed by atoms with Crippen LogP contribution in [0.1, 0.15) is 30.4 Å².